The third-order valence-electron chi connectivity index (χ3n) is 2.42. The van der Waals surface area contributed by atoms with E-state index < -0.39 is 0 Å². The van der Waals surface area contributed by atoms with Crippen molar-refractivity contribution in [3.05, 3.63) is 24.3 Å². The van der Waals surface area contributed by atoms with Gasteiger partial charge in [0, 0.05) is 37.7 Å². The van der Waals surface area contributed by atoms with E-state index in [0.29, 0.717) is 0 Å². The Labute approximate surface area is 114 Å². The molecule has 0 heterocycles. The number of amides is 2. The number of hydrogen-bond acceptors (Lipinski definition) is 3. The number of anilines is 2. The average molecular weight is 265 g/mol. The van der Waals surface area contributed by atoms with E-state index in [2.05, 4.69) is 16.0 Å². The van der Waals surface area contributed by atoms with Gasteiger partial charge in [0.2, 0.25) is 0 Å². The van der Waals surface area contributed by atoms with Crippen LogP contribution >= 0.6 is 0 Å². The van der Waals surface area contributed by atoms with Crippen LogP contribution in [0.1, 0.15) is 20.3 Å². The van der Waals surface area contributed by atoms with Crippen molar-refractivity contribution in [3.63, 3.8) is 0 Å². The minimum Gasteiger partial charge on any atom is -0.385 e. The Bertz CT molecular complexity index is 377. The standard InChI is InChI=1S/C14H23N3O2/c1-11(2)16-14(18)17-13-7-5-12(6-8-13)15-9-4-10-19-3/h5-8,11,15H,4,9-10H2,1-3H3,(H2,16,17,18). The molecule has 0 radical (unpaired) electrons. The Hall–Kier alpha value is -1.75. The molecule has 0 unspecified atom stereocenters. The summed E-state index contributed by atoms with van der Waals surface area (Å²) in [6, 6.07) is 7.57. The van der Waals surface area contributed by atoms with Crippen LogP contribution in [0.3, 0.4) is 0 Å². The normalized spacial score (nSPS) is 10.3. The molecule has 0 aliphatic rings. The van der Waals surface area contributed by atoms with Crippen LogP contribution in [0, 0.1) is 0 Å². The SMILES string of the molecule is COCCCNc1ccc(NC(=O)NC(C)C)cc1. The average Bonchev–Trinajstić information content (AvgIpc) is 2.35. The maximum Gasteiger partial charge on any atom is 0.319 e. The first-order chi connectivity index (χ1) is 9.11. The highest BCUT2D eigenvalue weighted by Crippen LogP contribution is 2.13. The van der Waals surface area contributed by atoms with Crippen molar-refractivity contribution in [3.8, 4) is 0 Å². The van der Waals surface area contributed by atoms with Crippen molar-refractivity contribution >= 4 is 17.4 Å². The molecule has 0 spiro atoms. The number of carbonyl (C=O) groups is 1. The zero-order valence-corrected chi connectivity index (χ0v) is 11.8. The highest BCUT2D eigenvalue weighted by Gasteiger charge is 2.02. The second kappa shape index (κ2) is 8.37. The Kier molecular flexibility index (Phi) is 6.74. The number of hydrogen-bond donors (Lipinski definition) is 3. The largest absolute Gasteiger partial charge is 0.385 e. The van der Waals surface area contributed by atoms with Crippen molar-refractivity contribution in [2.24, 2.45) is 0 Å². The van der Waals surface area contributed by atoms with Crippen LogP contribution in [-0.4, -0.2) is 32.3 Å². The van der Waals surface area contributed by atoms with Gasteiger partial charge in [-0.2, -0.15) is 0 Å². The van der Waals surface area contributed by atoms with E-state index in [1.165, 1.54) is 0 Å². The molecule has 106 valence electrons. The Balaban J connectivity index is 2.36. The van der Waals surface area contributed by atoms with Crippen LogP contribution in [-0.2, 0) is 4.74 Å². The number of rotatable bonds is 7. The van der Waals surface area contributed by atoms with Gasteiger partial charge in [0.05, 0.1) is 0 Å². The van der Waals surface area contributed by atoms with Crippen LogP contribution in [0.2, 0.25) is 0 Å². The maximum absolute atomic E-state index is 11.5. The molecular weight excluding hydrogens is 242 g/mol. The summed E-state index contributed by atoms with van der Waals surface area (Å²) in [7, 11) is 1.70. The van der Waals surface area contributed by atoms with Crippen LogP contribution in [0.5, 0.6) is 0 Å². The number of urea groups is 1. The van der Waals surface area contributed by atoms with Crippen LogP contribution < -0.4 is 16.0 Å². The number of ether oxygens (including phenoxy) is 1. The summed E-state index contributed by atoms with van der Waals surface area (Å²) in [5, 5.41) is 8.84. The van der Waals surface area contributed by atoms with E-state index in [4.69, 9.17) is 4.74 Å². The van der Waals surface area contributed by atoms with Gasteiger partial charge in [-0.1, -0.05) is 0 Å². The van der Waals surface area contributed by atoms with E-state index in [9.17, 15) is 4.79 Å². The Morgan fingerprint density at radius 2 is 1.84 bits per heavy atom. The smallest absolute Gasteiger partial charge is 0.319 e. The molecule has 0 atom stereocenters. The summed E-state index contributed by atoms with van der Waals surface area (Å²) < 4.78 is 4.98. The van der Waals surface area contributed by atoms with Gasteiger partial charge < -0.3 is 20.7 Å². The van der Waals surface area contributed by atoms with E-state index >= 15 is 0 Å². The highest BCUT2D eigenvalue weighted by molar-refractivity contribution is 5.89. The predicted octanol–water partition coefficient (Wildman–Crippen LogP) is 2.66. The molecule has 0 bridgehead atoms. The van der Waals surface area contributed by atoms with Gasteiger partial charge in [0.25, 0.3) is 0 Å². The molecule has 0 fully saturated rings. The maximum atomic E-state index is 11.5. The second-order valence-electron chi connectivity index (χ2n) is 4.60. The van der Waals surface area contributed by atoms with Gasteiger partial charge in [-0.25, -0.2) is 4.79 Å². The molecule has 2 amide bonds. The monoisotopic (exact) mass is 265 g/mol. The van der Waals surface area contributed by atoms with E-state index in [-0.39, 0.29) is 12.1 Å². The summed E-state index contributed by atoms with van der Waals surface area (Å²) in [6.45, 7) is 5.47. The van der Waals surface area contributed by atoms with Gasteiger partial charge >= 0.3 is 6.03 Å². The fraction of sp³-hybridized carbons (Fsp3) is 0.500. The number of methoxy groups -OCH3 is 1. The topological polar surface area (TPSA) is 62.4 Å². The summed E-state index contributed by atoms with van der Waals surface area (Å²) in [6.07, 6.45) is 0.966. The van der Waals surface area contributed by atoms with Gasteiger partial charge in [-0.15, -0.1) is 0 Å². The van der Waals surface area contributed by atoms with Crippen LogP contribution in [0.4, 0.5) is 16.2 Å². The van der Waals surface area contributed by atoms with Crippen molar-refractivity contribution < 1.29 is 9.53 Å². The summed E-state index contributed by atoms with van der Waals surface area (Å²) >= 11 is 0. The zero-order valence-electron chi connectivity index (χ0n) is 11.8. The molecule has 0 saturated heterocycles. The fourth-order valence-corrected chi connectivity index (χ4v) is 1.55. The lowest BCUT2D eigenvalue weighted by Gasteiger charge is -2.11. The molecule has 0 saturated carbocycles. The zero-order chi connectivity index (χ0) is 14.1. The number of benzene rings is 1. The van der Waals surface area contributed by atoms with Crippen molar-refractivity contribution in [2.75, 3.05) is 30.9 Å². The molecule has 3 N–H and O–H groups in total. The molecule has 5 heteroatoms. The summed E-state index contributed by atoms with van der Waals surface area (Å²) in [4.78, 5) is 11.5. The first-order valence-corrected chi connectivity index (χ1v) is 6.52. The van der Waals surface area contributed by atoms with E-state index in [0.717, 1.165) is 30.9 Å². The van der Waals surface area contributed by atoms with Gasteiger partial charge in [0.1, 0.15) is 0 Å². The molecule has 0 aromatic heterocycles. The van der Waals surface area contributed by atoms with Gasteiger partial charge in [0.15, 0.2) is 0 Å². The third-order valence-corrected chi connectivity index (χ3v) is 2.42. The molecule has 1 rings (SSSR count). The molecule has 1 aromatic rings. The van der Waals surface area contributed by atoms with Crippen molar-refractivity contribution in [1.29, 1.82) is 0 Å². The molecule has 1 aromatic carbocycles. The third kappa shape index (κ3) is 6.67. The molecule has 0 aliphatic heterocycles. The quantitative estimate of drug-likeness (QED) is 0.664. The van der Waals surface area contributed by atoms with Gasteiger partial charge in [-0.05, 0) is 44.5 Å². The summed E-state index contributed by atoms with van der Waals surface area (Å²) in [5.74, 6) is 0. The first kappa shape index (κ1) is 15.3. The Morgan fingerprint density at radius 3 is 2.42 bits per heavy atom. The van der Waals surface area contributed by atoms with Gasteiger partial charge in [-0.3, -0.25) is 0 Å². The number of nitrogens with one attached hydrogen (secondary N) is 3. The Morgan fingerprint density at radius 1 is 1.21 bits per heavy atom. The van der Waals surface area contributed by atoms with Crippen LogP contribution in [0.15, 0.2) is 24.3 Å². The number of carbonyl (C=O) groups excluding carboxylic acids is 1. The molecule has 19 heavy (non-hydrogen) atoms. The van der Waals surface area contributed by atoms with E-state index in [1.54, 1.807) is 7.11 Å². The van der Waals surface area contributed by atoms with Crippen molar-refractivity contribution in [1.82, 2.24) is 5.32 Å². The van der Waals surface area contributed by atoms with Crippen molar-refractivity contribution in [2.45, 2.75) is 26.3 Å². The first-order valence-electron chi connectivity index (χ1n) is 6.52. The summed E-state index contributed by atoms with van der Waals surface area (Å²) in [5.41, 5.74) is 1.81. The molecule has 0 aliphatic carbocycles. The minimum absolute atomic E-state index is 0.127. The lowest BCUT2D eigenvalue weighted by Crippen LogP contribution is -2.34. The minimum atomic E-state index is -0.184. The van der Waals surface area contributed by atoms with Crippen LogP contribution in [0.25, 0.3) is 0 Å². The second-order valence-corrected chi connectivity index (χ2v) is 4.60. The molecule has 5 nitrogen and oxygen atoms in total. The predicted molar refractivity (Wildman–Crippen MR) is 78.7 cm³/mol. The lowest BCUT2D eigenvalue weighted by molar-refractivity contribution is 0.198. The molecular formula is C14H23N3O2. The lowest BCUT2D eigenvalue weighted by atomic mass is 10.2. The fourth-order valence-electron chi connectivity index (χ4n) is 1.55. The highest BCUT2D eigenvalue weighted by atomic mass is 16.5. The van der Waals surface area contributed by atoms with E-state index in [1.807, 2.05) is 38.1 Å².